The summed E-state index contributed by atoms with van der Waals surface area (Å²) < 4.78 is 5.80. The lowest BCUT2D eigenvalue weighted by atomic mass is 10.0. The normalized spacial score (nSPS) is 17.8. The summed E-state index contributed by atoms with van der Waals surface area (Å²) in [5, 5.41) is 8.27. The molecule has 2 aliphatic rings. The van der Waals surface area contributed by atoms with Gasteiger partial charge in [-0.2, -0.15) is 0 Å². The zero-order valence-corrected chi connectivity index (χ0v) is 20.8. The highest BCUT2D eigenvalue weighted by atomic mass is 16.5. The van der Waals surface area contributed by atoms with E-state index >= 15 is 0 Å². The molecule has 1 fully saturated rings. The third-order valence-electron chi connectivity index (χ3n) is 6.42. The van der Waals surface area contributed by atoms with Crippen molar-refractivity contribution in [2.24, 2.45) is 0 Å². The number of ether oxygens (including phenoxy) is 1. The second-order valence-corrected chi connectivity index (χ2v) is 9.15. The molecule has 1 saturated heterocycles. The molecule has 10 nitrogen and oxygen atoms in total. The van der Waals surface area contributed by atoms with E-state index in [1.54, 1.807) is 18.2 Å². The molecule has 0 saturated carbocycles. The van der Waals surface area contributed by atoms with Crippen LogP contribution in [0.1, 0.15) is 71.9 Å². The maximum absolute atomic E-state index is 13.1. The summed E-state index contributed by atoms with van der Waals surface area (Å²) in [5.41, 5.74) is 2.03. The Bertz CT molecular complexity index is 1230. The molecule has 2 heterocycles. The molecule has 2 aliphatic heterocycles. The second kappa shape index (κ2) is 11.2. The van der Waals surface area contributed by atoms with Crippen LogP contribution in [0.4, 0.5) is 5.69 Å². The van der Waals surface area contributed by atoms with E-state index < -0.39 is 29.7 Å². The molecular formula is C27H30N4O6. The van der Waals surface area contributed by atoms with Gasteiger partial charge in [0, 0.05) is 25.6 Å². The fraction of sp³-hybridized carbons (Fsp3) is 0.370. The number of rotatable bonds is 10. The summed E-state index contributed by atoms with van der Waals surface area (Å²) >= 11 is 0. The van der Waals surface area contributed by atoms with Crippen molar-refractivity contribution in [1.29, 1.82) is 0 Å². The molecule has 2 aromatic rings. The summed E-state index contributed by atoms with van der Waals surface area (Å²) in [7, 11) is 0. The third kappa shape index (κ3) is 5.79. The van der Waals surface area contributed by atoms with E-state index in [0.29, 0.717) is 18.8 Å². The van der Waals surface area contributed by atoms with Gasteiger partial charge < -0.3 is 15.4 Å². The summed E-state index contributed by atoms with van der Waals surface area (Å²) in [6, 6.07) is 11.5. The van der Waals surface area contributed by atoms with Gasteiger partial charge in [0.1, 0.15) is 11.8 Å². The smallest absolute Gasteiger partial charge is 0.264 e. The van der Waals surface area contributed by atoms with E-state index in [2.05, 4.69) is 16.0 Å². The minimum atomic E-state index is -0.988. The van der Waals surface area contributed by atoms with Crippen LogP contribution in [-0.4, -0.2) is 53.6 Å². The van der Waals surface area contributed by atoms with Crippen LogP contribution in [0, 0.1) is 0 Å². The monoisotopic (exact) mass is 506 g/mol. The Hall–Kier alpha value is -4.21. The lowest BCUT2D eigenvalue weighted by Gasteiger charge is -2.27. The highest BCUT2D eigenvalue weighted by molar-refractivity contribution is 6.25. The van der Waals surface area contributed by atoms with E-state index in [9.17, 15) is 24.0 Å². The second-order valence-electron chi connectivity index (χ2n) is 9.15. The van der Waals surface area contributed by atoms with Crippen molar-refractivity contribution in [1.82, 2.24) is 15.5 Å². The molecule has 2 atom stereocenters. The van der Waals surface area contributed by atoms with Gasteiger partial charge in [-0.15, -0.1) is 0 Å². The van der Waals surface area contributed by atoms with Crippen LogP contribution < -0.4 is 20.7 Å². The van der Waals surface area contributed by atoms with Gasteiger partial charge in [-0.3, -0.25) is 34.2 Å². The van der Waals surface area contributed by atoms with Gasteiger partial charge in [-0.25, -0.2) is 0 Å². The molecular weight excluding hydrogens is 476 g/mol. The summed E-state index contributed by atoms with van der Waals surface area (Å²) in [6.45, 7) is 4.48. The van der Waals surface area contributed by atoms with Crippen molar-refractivity contribution in [3.05, 3.63) is 59.2 Å². The molecule has 0 aromatic heterocycles. The van der Waals surface area contributed by atoms with Crippen molar-refractivity contribution in [2.75, 3.05) is 18.5 Å². The number of carbonyl (C=O) groups is 5. The molecule has 194 valence electrons. The zero-order chi connectivity index (χ0) is 26.5. The average molecular weight is 507 g/mol. The van der Waals surface area contributed by atoms with Crippen LogP contribution in [0.2, 0.25) is 0 Å². The highest BCUT2D eigenvalue weighted by Gasteiger charge is 2.45. The molecule has 0 aliphatic carbocycles. The Labute approximate surface area is 214 Å². The van der Waals surface area contributed by atoms with Crippen molar-refractivity contribution in [3.8, 4) is 5.75 Å². The predicted octanol–water partition coefficient (Wildman–Crippen LogP) is 2.56. The van der Waals surface area contributed by atoms with E-state index in [1.165, 1.54) is 6.92 Å². The lowest BCUT2D eigenvalue weighted by molar-refractivity contribution is -0.136. The van der Waals surface area contributed by atoms with E-state index in [0.717, 1.165) is 29.1 Å². The van der Waals surface area contributed by atoms with Gasteiger partial charge in [-0.1, -0.05) is 18.2 Å². The van der Waals surface area contributed by atoms with Gasteiger partial charge >= 0.3 is 0 Å². The first-order valence-corrected chi connectivity index (χ1v) is 12.3. The Morgan fingerprint density at radius 3 is 2.54 bits per heavy atom. The fourth-order valence-electron chi connectivity index (χ4n) is 4.54. The predicted molar refractivity (Wildman–Crippen MR) is 135 cm³/mol. The van der Waals surface area contributed by atoms with Gasteiger partial charge in [0.25, 0.3) is 11.8 Å². The molecule has 10 heteroatoms. The minimum Gasteiger partial charge on any atom is -0.494 e. The molecule has 37 heavy (non-hydrogen) atoms. The van der Waals surface area contributed by atoms with Crippen LogP contribution >= 0.6 is 0 Å². The number of nitrogens with zero attached hydrogens (tertiary/aromatic N) is 1. The van der Waals surface area contributed by atoms with Crippen molar-refractivity contribution >= 4 is 35.2 Å². The Morgan fingerprint density at radius 1 is 1.08 bits per heavy atom. The van der Waals surface area contributed by atoms with Gasteiger partial charge in [0.2, 0.25) is 17.7 Å². The number of piperidine rings is 1. The number of carbonyl (C=O) groups excluding carboxylic acids is 5. The minimum absolute atomic E-state index is 0.0738. The maximum atomic E-state index is 13.1. The molecule has 0 spiro atoms. The summed E-state index contributed by atoms with van der Waals surface area (Å²) in [5.74, 6) is -1.43. The zero-order valence-electron chi connectivity index (χ0n) is 20.8. The van der Waals surface area contributed by atoms with Crippen LogP contribution in [0.5, 0.6) is 5.75 Å². The van der Waals surface area contributed by atoms with Crippen LogP contribution in [0.25, 0.3) is 0 Å². The first-order chi connectivity index (χ1) is 17.8. The number of anilines is 1. The maximum Gasteiger partial charge on any atom is 0.264 e. The molecule has 3 N–H and O–H groups in total. The topological polar surface area (TPSA) is 134 Å². The SMILES string of the molecule is CC(=O)N[C@@H](C)c1ccc(OCCCCNc2cccc3c2C(=O)N([C@H]2CCC(=O)NC2=O)C3=O)cc1. The third-order valence-corrected chi connectivity index (χ3v) is 6.42. The summed E-state index contributed by atoms with van der Waals surface area (Å²) in [6.07, 6.45) is 1.73. The molecule has 0 radical (unpaired) electrons. The van der Waals surface area contributed by atoms with Crippen LogP contribution in [0.15, 0.2) is 42.5 Å². The lowest BCUT2D eigenvalue weighted by Crippen LogP contribution is -2.54. The van der Waals surface area contributed by atoms with E-state index in [4.69, 9.17) is 4.74 Å². The molecule has 4 rings (SSSR count). The molecule has 0 unspecified atom stereocenters. The number of nitrogens with one attached hydrogen (secondary N) is 3. The highest BCUT2D eigenvalue weighted by Crippen LogP contribution is 2.32. The Kier molecular flexibility index (Phi) is 7.86. The quantitative estimate of drug-likeness (QED) is 0.333. The number of benzene rings is 2. The Morgan fingerprint density at radius 2 is 1.84 bits per heavy atom. The number of imide groups is 2. The standard InChI is InChI=1S/C27H30N4O6/c1-16(29-17(2)32)18-8-10-19(11-9-18)37-15-4-3-14-28-21-7-5-6-20-24(21)27(36)31(26(20)35)22-12-13-23(33)30-25(22)34/h5-11,16,22,28H,3-4,12-15H2,1-2H3,(H,29,32)(H,30,33,34)/t16-,22-/m0/s1. The number of unbranched alkanes of at least 4 members (excludes halogenated alkanes) is 1. The van der Waals surface area contributed by atoms with Crippen LogP contribution in [-0.2, 0) is 14.4 Å². The van der Waals surface area contributed by atoms with Crippen LogP contribution in [0.3, 0.4) is 0 Å². The number of amides is 5. The van der Waals surface area contributed by atoms with Crippen molar-refractivity contribution in [3.63, 3.8) is 0 Å². The van der Waals surface area contributed by atoms with Crippen molar-refractivity contribution < 1.29 is 28.7 Å². The van der Waals surface area contributed by atoms with E-state index in [1.807, 2.05) is 31.2 Å². The summed E-state index contributed by atoms with van der Waals surface area (Å²) in [4.78, 5) is 61.9. The molecule has 0 bridgehead atoms. The van der Waals surface area contributed by atoms with Gasteiger partial charge in [0.15, 0.2) is 0 Å². The van der Waals surface area contributed by atoms with Gasteiger partial charge in [-0.05, 0) is 56.0 Å². The number of hydrogen-bond acceptors (Lipinski definition) is 7. The number of hydrogen-bond donors (Lipinski definition) is 3. The Balaban J connectivity index is 1.27. The molecule has 5 amide bonds. The van der Waals surface area contributed by atoms with Crippen molar-refractivity contribution in [2.45, 2.75) is 51.6 Å². The fourth-order valence-corrected chi connectivity index (χ4v) is 4.54. The van der Waals surface area contributed by atoms with Gasteiger partial charge in [0.05, 0.1) is 23.8 Å². The first kappa shape index (κ1) is 25.9. The molecule has 2 aromatic carbocycles. The van der Waals surface area contributed by atoms with E-state index in [-0.39, 0.29) is 35.9 Å². The number of fused-ring (bicyclic) bond motifs is 1. The largest absolute Gasteiger partial charge is 0.494 e. The average Bonchev–Trinajstić information content (AvgIpc) is 3.12. The first-order valence-electron chi connectivity index (χ1n) is 12.3.